The lowest BCUT2D eigenvalue weighted by Gasteiger charge is -2.38. The third kappa shape index (κ3) is 3.60. The maximum absolute atomic E-state index is 12.6. The minimum absolute atomic E-state index is 0.0798. The van der Waals surface area contributed by atoms with Crippen LogP contribution in [-0.4, -0.2) is 40.6 Å². The van der Waals surface area contributed by atoms with Gasteiger partial charge in [-0.3, -0.25) is 9.78 Å². The zero-order chi connectivity index (χ0) is 17.1. The van der Waals surface area contributed by atoms with E-state index in [-0.39, 0.29) is 30.7 Å². The molecule has 25 heavy (non-hydrogen) atoms. The summed E-state index contributed by atoms with van der Waals surface area (Å²) in [5.41, 5.74) is 0. The molecule has 2 bridgehead atoms. The van der Waals surface area contributed by atoms with Crippen molar-refractivity contribution >= 4 is 5.91 Å². The lowest BCUT2D eigenvalue weighted by atomic mass is 9.99. The number of carbonyl (C=O) groups is 1. The van der Waals surface area contributed by atoms with Gasteiger partial charge in [-0.2, -0.15) is 0 Å². The van der Waals surface area contributed by atoms with Gasteiger partial charge in [0.2, 0.25) is 0 Å². The van der Waals surface area contributed by atoms with Crippen LogP contribution in [0.2, 0.25) is 0 Å². The van der Waals surface area contributed by atoms with Gasteiger partial charge in [0.05, 0.1) is 6.20 Å². The first-order chi connectivity index (χ1) is 12.3. The minimum Gasteiger partial charge on any atom is -0.489 e. The summed E-state index contributed by atoms with van der Waals surface area (Å²) in [6.45, 7) is 0.102. The molecular weight excluding hydrogens is 316 g/mol. The monoisotopic (exact) mass is 338 g/mol. The molecule has 2 aromatic rings. The summed E-state index contributed by atoms with van der Waals surface area (Å²) >= 11 is 0. The summed E-state index contributed by atoms with van der Waals surface area (Å²) in [6.07, 6.45) is 7.49. The Balaban J connectivity index is 1.34. The molecule has 1 aromatic heterocycles. The lowest BCUT2D eigenvalue weighted by Crippen LogP contribution is -2.50. The summed E-state index contributed by atoms with van der Waals surface area (Å²) in [7, 11) is 0. The maximum Gasteiger partial charge on any atom is 0.261 e. The molecule has 130 valence electrons. The van der Waals surface area contributed by atoms with Gasteiger partial charge in [0, 0.05) is 31.1 Å². The molecule has 2 fully saturated rings. The van der Waals surface area contributed by atoms with Crippen LogP contribution in [0.1, 0.15) is 25.7 Å². The maximum atomic E-state index is 12.6. The average molecular weight is 338 g/mol. The number of carbonyl (C=O) groups excluding carboxylic acids is 1. The largest absolute Gasteiger partial charge is 0.489 e. The van der Waals surface area contributed by atoms with E-state index < -0.39 is 0 Å². The van der Waals surface area contributed by atoms with Crippen LogP contribution in [0.15, 0.2) is 54.9 Å². The SMILES string of the molecule is O=C(COc1ccccc1)N1C2CCC1CC(Oc1cccnc1)C2. The minimum atomic E-state index is 0.0798. The normalized spacial score (nSPS) is 24.8. The first kappa shape index (κ1) is 15.9. The summed E-state index contributed by atoms with van der Waals surface area (Å²) in [6, 6.07) is 13.8. The zero-order valence-electron chi connectivity index (χ0n) is 14.1. The van der Waals surface area contributed by atoms with Gasteiger partial charge in [-0.1, -0.05) is 18.2 Å². The molecule has 2 unspecified atom stereocenters. The Labute approximate surface area is 147 Å². The number of hydrogen-bond donors (Lipinski definition) is 0. The zero-order valence-corrected chi connectivity index (χ0v) is 14.1. The molecule has 2 atom stereocenters. The Kier molecular flexibility index (Phi) is 4.55. The van der Waals surface area contributed by atoms with Gasteiger partial charge in [-0.25, -0.2) is 0 Å². The van der Waals surface area contributed by atoms with Gasteiger partial charge in [-0.05, 0) is 37.1 Å². The highest BCUT2D eigenvalue weighted by Gasteiger charge is 2.44. The number of hydrogen-bond acceptors (Lipinski definition) is 4. The molecule has 1 aromatic carbocycles. The highest BCUT2D eigenvalue weighted by molar-refractivity contribution is 5.79. The van der Waals surface area contributed by atoms with Gasteiger partial charge in [0.1, 0.15) is 17.6 Å². The van der Waals surface area contributed by atoms with Crippen molar-refractivity contribution in [3.05, 3.63) is 54.9 Å². The molecule has 5 nitrogen and oxygen atoms in total. The van der Waals surface area contributed by atoms with E-state index in [1.165, 1.54) is 0 Å². The van der Waals surface area contributed by atoms with Crippen LogP contribution in [0.5, 0.6) is 11.5 Å². The fraction of sp³-hybridized carbons (Fsp3) is 0.400. The number of fused-ring (bicyclic) bond motifs is 2. The Morgan fingerprint density at radius 1 is 1.04 bits per heavy atom. The molecule has 3 heterocycles. The Morgan fingerprint density at radius 3 is 2.44 bits per heavy atom. The van der Waals surface area contributed by atoms with Gasteiger partial charge in [-0.15, -0.1) is 0 Å². The molecule has 2 aliphatic heterocycles. The highest BCUT2D eigenvalue weighted by Crippen LogP contribution is 2.37. The van der Waals surface area contributed by atoms with Crippen LogP contribution in [0.3, 0.4) is 0 Å². The molecule has 0 saturated carbocycles. The molecule has 0 aliphatic carbocycles. The van der Waals surface area contributed by atoms with Gasteiger partial charge < -0.3 is 14.4 Å². The van der Waals surface area contributed by atoms with Crippen LogP contribution in [0.25, 0.3) is 0 Å². The van der Waals surface area contributed by atoms with Crippen molar-refractivity contribution in [3.63, 3.8) is 0 Å². The van der Waals surface area contributed by atoms with E-state index in [2.05, 4.69) is 4.98 Å². The van der Waals surface area contributed by atoms with Crippen molar-refractivity contribution in [3.8, 4) is 11.5 Å². The predicted molar refractivity (Wildman–Crippen MR) is 93.5 cm³/mol. The van der Waals surface area contributed by atoms with Crippen molar-refractivity contribution in [2.45, 2.75) is 43.9 Å². The number of benzene rings is 1. The molecular formula is C20H22N2O3. The third-order valence-corrected chi connectivity index (χ3v) is 5.02. The Bertz CT molecular complexity index is 693. The van der Waals surface area contributed by atoms with Crippen LogP contribution < -0.4 is 9.47 Å². The van der Waals surface area contributed by atoms with Gasteiger partial charge in [0.15, 0.2) is 6.61 Å². The van der Waals surface area contributed by atoms with Crippen molar-refractivity contribution in [2.75, 3.05) is 6.61 Å². The predicted octanol–water partition coefficient (Wildman–Crippen LogP) is 3.06. The van der Waals surface area contributed by atoms with Crippen LogP contribution in [0, 0.1) is 0 Å². The molecule has 1 amide bonds. The average Bonchev–Trinajstić information content (AvgIpc) is 2.92. The van der Waals surface area contributed by atoms with Gasteiger partial charge in [0.25, 0.3) is 5.91 Å². The van der Waals surface area contributed by atoms with Crippen LogP contribution in [-0.2, 0) is 4.79 Å². The second-order valence-corrected chi connectivity index (χ2v) is 6.69. The molecule has 4 rings (SSSR count). The summed E-state index contributed by atoms with van der Waals surface area (Å²) < 4.78 is 11.7. The van der Waals surface area contributed by atoms with Crippen molar-refractivity contribution in [2.24, 2.45) is 0 Å². The molecule has 0 radical (unpaired) electrons. The van der Waals surface area contributed by atoms with Crippen molar-refractivity contribution < 1.29 is 14.3 Å². The molecule has 0 N–H and O–H groups in total. The van der Waals surface area contributed by atoms with Crippen molar-refractivity contribution in [1.29, 1.82) is 0 Å². The van der Waals surface area contributed by atoms with E-state index in [1.54, 1.807) is 12.4 Å². The number of pyridine rings is 1. The van der Waals surface area contributed by atoms with E-state index in [1.807, 2.05) is 47.4 Å². The van der Waals surface area contributed by atoms with Gasteiger partial charge >= 0.3 is 0 Å². The van der Waals surface area contributed by atoms with E-state index in [4.69, 9.17) is 9.47 Å². The Morgan fingerprint density at radius 2 is 1.76 bits per heavy atom. The number of aromatic nitrogens is 1. The topological polar surface area (TPSA) is 51.7 Å². The Hall–Kier alpha value is -2.56. The molecule has 0 spiro atoms. The fourth-order valence-corrected chi connectivity index (χ4v) is 3.98. The second-order valence-electron chi connectivity index (χ2n) is 6.69. The first-order valence-corrected chi connectivity index (χ1v) is 8.85. The number of piperidine rings is 1. The summed E-state index contributed by atoms with van der Waals surface area (Å²) in [4.78, 5) is 18.8. The lowest BCUT2D eigenvalue weighted by molar-refractivity contribution is -0.139. The summed E-state index contributed by atoms with van der Waals surface area (Å²) in [5.74, 6) is 1.62. The summed E-state index contributed by atoms with van der Waals surface area (Å²) in [5, 5.41) is 0. The standard InChI is InChI=1S/C20H22N2O3/c23-20(14-24-17-5-2-1-3-6-17)22-15-8-9-16(22)12-19(11-15)25-18-7-4-10-21-13-18/h1-7,10,13,15-16,19H,8-9,11-12,14H2. The number of amides is 1. The number of rotatable bonds is 5. The van der Waals surface area contributed by atoms with E-state index in [0.717, 1.165) is 37.2 Å². The molecule has 5 heteroatoms. The fourth-order valence-electron chi connectivity index (χ4n) is 3.98. The molecule has 2 aliphatic rings. The van der Waals surface area contributed by atoms with E-state index >= 15 is 0 Å². The third-order valence-electron chi connectivity index (χ3n) is 5.02. The van der Waals surface area contributed by atoms with Crippen molar-refractivity contribution in [1.82, 2.24) is 9.88 Å². The van der Waals surface area contributed by atoms with Crippen LogP contribution in [0.4, 0.5) is 0 Å². The first-order valence-electron chi connectivity index (χ1n) is 8.85. The second kappa shape index (κ2) is 7.13. The van der Waals surface area contributed by atoms with E-state index in [9.17, 15) is 4.79 Å². The molecule has 2 saturated heterocycles. The van der Waals surface area contributed by atoms with Crippen LogP contribution >= 0.6 is 0 Å². The van der Waals surface area contributed by atoms with E-state index in [0.29, 0.717) is 0 Å². The number of ether oxygens (including phenoxy) is 2. The number of nitrogens with zero attached hydrogens (tertiary/aromatic N) is 2. The highest BCUT2D eigenvalue weighted by atomic mass is 16.5. The smallest absolute Gasteiger partial charge is 0.261 e. The quantitative estimate of drug-likeness (QED) is 0.841. The number of para-hydroxylation sites is 1.